The number of amides is 1. The summed E-state index contributed by atoms with van der Waals surface area (Å²) >= 11 is 7.06. The average molecular weight is 374 g/mol. The van der Waals surface area contributed by atoms with E-state index in [4.69, 9.17) is 11.6 Å². The topological polar surface area (TPSA) is 79.4 Å². The largest absolute Gasteiger partial charge is 0.321 e. The van der Waals surface area contributed by atoms with E-state index in [0.29, 0.717) is 21.3 Å². The Balaban J connectivity index is 2.30. The SMILES string of the molecule is Cc1nc(N(C)S(C)(=O)=O)sc1C(=O)Nc1cccc(Cl)c1C. The van der Waals surface area contributed by atoms with Gasteiger partial charge in [-0.2, -0.15) is 0 Å². The van der Waals surface area contributed by atoms with E-state index in [2.05, 4.69) is 10.3 Å². The molecule has 1 aromatic heterocycles. The van der Waals surface area contributed by atoms with Crippen LogP contribution in [0.25, 0.3) is 0 Å². The van der Waals surface area contributed by atoms with Gasteiger partial charge >= 0.3 is 0 Å². The molecule has 1 heterocycles. The molecule has 0 saturated heterocycles. The minimum absolute atomic E-state index is 0.248. The van der Waals surface area contributed by atoms with E-state index in [0.717, 1.165) is 27.5 Å². The van der Waals surface area contributed by atoms with E-state index in [9.17, 15) is 13.2 Å². The molecule has 1 amide bonds. The Morgan fingerprint density at radius 1 is 1.35 bits per heavy atom. The second-order valence-electron chi connectivity index (χ2n) is 5.01. The summed E-state index contributed by atoms with van der Waals surface area (Å²) in [4.78, 5) is 16.9. The fourth-order valence-electron chi connectivity index (χ4n) is 1.79. The number of hydrogen-bond donors (Lipinski definition) is 1. The molecule has 6 nitrogen and oxygen atoms in total. The summed E-state index contributed by atoms with van der Waals surface area (Å²) in [6.45, 7) is 3.47. The van der Waals surface area contributed by atoms with Crippen LogP contribution in [0.4, 0.5) is 10.8 Å². The zero-order valence-corrected chi connectivity index (χ0v) is 15.4. The van der Waals surface area contributed by atoms with Crippen molar-refractivity contribution < 1.29 is 13.2 Å². The van der Waals surface area contributed by atoms with E-state index in [1.807, 2.05) is 0 Å². The predicted molar refractivity (Wildman–Crippen MR) is 94.2 cm³/mol. The second kappa shape index (κ2) is 6.46. The van der Waals surface area contributed by atoms with E-state index < -0.39 is 10.0 Å². The van der Waals surface area contributed by atoms with Crippen LogP contribution in [-0.2, 0) is 10.0 Å². The summed E-state index contributed by atoms with van der Waals surface area (Å²) in [7, 11) is -2.02. The number of benzene rings is 1. The Hall–Kier alpha value is -1.64. The summed E-state index contributed by atoms with van der Waals surface area (Å²) in [6.07, 6.45) is 1.08. The maximum Gasteiger partial charge on any atom is 0.267 e. The maximum absolute atomic E-state index is 12.4. The van der Waals surface area contributed by atoms with Crippen molar-refractivity contribution in [2.45, 2.75) is 13.8 Å². The van der Waals surface area contributed by atoms with Crippen LogP contribution in [-0.4, -0.2) is 32.6 Å². The Bertz CT molecular complexity index is 862. The first-order valence-electron chi connectivity index (χ1n) is 6.59. The molecule has 0 aliphatic heterocycles. The van der Waals surface area contributed by atoms with E-state index >= 15 is 0 Å². The van der Waals surface area contributed by atoms with Gasteiger partial charge in [-0.25, -0.2) is 17.7 Å². The third kappa shape index (κ3) is 3.82. The number of aromatic nitrogens is 1. The summed E-state index contributed by atoms with van der Waals surface area (Å²) < 4.78 is 24.2. The van der Waals surface area contributed by atoms with Crippen LogP contribution in [0.1, 0.15) is 20.9 Å². The van der Waals surface area contributed by atoms with Crippen molar-refractivity contribution in [2.75, 3.05) is 22.9 Å². The number of rotatable bonds is 4. The van der Waals surface area contributed by atoms with Gasteiger partial charge < -0.3 is 5.32 Å². The first-order valence-corrected chi connectivity index (χ1v) is 9.63. The Morgan fingerprint density at radius 3 is 2.61 bits per heavy atom. The third-order valence-electron chi connectivity index (χ3n) is 3.27. The highest BCUT2D eigenvalue weighted by Crippen LogP contribution is 2.29. The molecular weight excluding hydrogens is 358 g/mol. The quantitative estimate of drug-likeness (QED) is 0.893. The van der Waals surface area contributed by atoms with Crippen LogP contribution in [0.15, 0.2) is 18.2 Å². The lowest BCUT2D eigenvalue weighted by atomic mass is 10.2. The van der Waals surface area contributed by atoms with Gasteiger partial charge in [0.05, 0.1) is 11.9 Å². The van der Waals surface area contributed by atoms with Gasteiger partial charge in [0.2, 0.25) is 10.0 Å². The van der Waals surface area contributed by atoms with Crippen molar-refractivity contribution in [2.24, 2.45) is 0 Å². The minimum Gasteiger partial charge on any atom is -0.321 e. The molecule has 23 heavy (non-hydrogen) atoms. The Labute approximate surface area is 144 Å². The van der Waals surface area contributed by atoms with Crippen LogP contribution in [0.3, 0.4) is 0 Å². The molecule has 0 aliphatic carbocycles. The van der Waals surface area contributed by atoms with Crippen LogP contribution in [0, 0.1) is 13.8 Å². The lowest BCUT2D eigenvalue weighted by molar-refractivity contribution is 0.102. The molecule has 0 fully saturated rings. The number of anilines is 2. The number of nitrogens with zero attached hydrogens (tertiary/aromatic N) is 2. The number of hydrogen-bond acceptors (Lipinski definition) is 5. The highest BCUT2D eigenvalue weighted by molar-refractivity contribution is 7.92. The van der Waals surface area contributed by atoms with Crippen LogP contribution in [0.2, 0.25) is 5.02 Å². The first-order chi connectivity index (χ1) is 10.6. The number of carbonyl (C=O) groups is 1. The molecule has 0 unspecified atom stereocenters. The maximum atomic E-state index is 12.4. The third-order valence-corrected chi connectivity index (χ3v) is 6.20. The fourth-order valence-corrected chi connectivity index (χ4v) is 3.64. The number of aryl methyl sites for hydroxylation is 1. The number of nitrogens with one attached hydrogen (secondary N) is 1. The highest BCUT2D eigenvalue weighted by Gasteiger charge is 2.21. The molecule has 1 N–H and O–H groups in total. The lowest BCUT2D eigenvalue weighted by Gasteiger charge is -2.11. The van der Waals surface area contributed by atoms with Gasteiger partial charge in [0.1, 0.15) is 4.88 Å². The van der Waals surface area contributed by atoms with Crippen molar-refractivity contribution >= 4 is 49.7 Å². The predicted octanol–water partition coefficient (Wildman–Crippen LogP) is 3.06. The van der Waals surface area contributed by atoms with Gasteiger partial charge in [-0.1, -0.05) is 29.0 Å². The monoisotopic (exact) mass is 373 g/mol. The summed E-state index contributed by atoms with van der Waals surface area (Å²) in [5.74, 6) is -0.349. The molecule has 0 aliphatic rings. The molecule has 9 heteroatoms. The molecule has 0 saturated carbocycles. The van der Waals surface area contributed by atoms with Gasteiger partial charge in [0.25, 0.3) is 5.91 Å². The normalized spacial score (nSPS) is 11.3. The smallest absolute Gasteiger partial charge is 0.267 e. The first kappa shape index (κ1) is 17.7. The molecule has 2 rings (SSSR count). The van der Waals surface area contributed by atoms with Crippen molar-refractivity contribution in [3.63, 3.8) is 0 Å². The average Bonchev–Trinajstić information content (AvgIpc) is 2.84. The van der Waals surface area contributed by atoms with Crippen LogP contribution >= 0.6 is 22.9 Å². The zero-order chi connectivity index (χ0) is 17.4. The van der Waals surface area contributed by atoms with E-state index in [1.54, 1.807) is 32.0 Å². The van der Waals surface area contributed by atoms with Crippen molar-refractivity contribution in [3.8, 4) is 0 Å². The van der Waals surface area contributed by atoms with Gasteiger partial charge in [0.15, 0.2) is 5.13 Å². The molecular formula is C14H16ClN3O3S2. The summed E-state index contributed by atoms with van der Waals surface area (Å²) in [5, 5.41) is 3.58. The summed E-state index contributed by atoms with van der Waals surface area (Å²) in [5.41, 5.74) is 1.84. The molecule has 0 atom stereocenters. The van der Waals surface area contributed by atoms with Gasteiger partial charge in [0, 0.05) is 17.8 Å². The number of thiazole rings is 1. The van der Waals surface area contributed by atoms with E-state index in [1.165, 1.54) is 7.05 Å². The lowest BCUT2D eigenvalue weighted by Crippen LogP contribution is -2.24. The van der Waals surface area contributed by atoms with Crippen molar-refractivity contribution in [1.82, 2.24) is 4.98 Å². The van der Waals surface area contributed by atoms with Gasteiger partial charge in [-0.05, 0) is 31.5 Å². The number of sulfonamides is 1. The minimum atomic E-state index is -3.42. The standard InChI is InChI=1S/C14H16ClN3O3S2/c1-8-10(15)6-5-7-11(8)17-13(19)12-9(2)16-14(22-12)18(3)23(4,20)21/h5-7H,1-4H3,(H,17,19). The van der Waals surface area contributed by atoms with Crippen LogP contribution < -0.4 is 9.62 Å². The van der Waals surface area contributed by atoms with Gasteiger partial charge in [-0.15, -0.1) is 0 Å². The number of carbonyl (C=O) groups excluding carboxylic acids is 1. The van der Waals surface area contributed by atoms with Gasteiger partial charge in [-0.3, -0.25) is 4.79 Å². The fraction of sp³-hybridized carbons (Fsp3) is 0.286. The van der Waals surface area contributed by atoms with Crippen molar-refractivity contribution in [1.29, 1.82) is 0 Å². The Kier molecular flexibility index (Phi) is 4.98. The highest BCUT2D eigenvalue weighted by atomic mass is 35.5. The number of halogens is 1. The molecule has 0 bridgehead atoms. The molecule has 0 spiro atoms. The second-order valence-corrected chi connectivity index (χ2v) is 8.41. The summed E-state index contributed by atoms with van der Waals surface area (Å²) in [6, 6.07) is 5.23. The molecule has 0 radical (unpaired) electrons. The Morgan fingerprint density at radius 2 is 2.00 bits per heavy atom. The van der Waals surface area contributed by atoms with Crippen molar-refractivity contribution in [3.05, 3.63) is 39.4 Å². The van der Waals surface area contributed by atoms with E-state index in [-0.39, 0.29) is 11.0 Å². The zero-order valence-electron chi connectivity index (χ0n) is 13.0. The molecule has 124 valence electrons. The molecule has 2 aromatic rings. The van der Waals surface area contributed by atoms with Crippen LogP contribution in [0.5, 0.6) is 0 Å². The molecule has 1 aromatic carbocycles.